The first-order valence-electron chi connectivity index (χ1n) is 41.6. The monoisotopic (exact) mass is 1450 g/mol. The molecule has 2 unspecified atom stereocenters. The van der Waals surface area contributed by atoms with E-state index < -0.39 is 97.5 Å². The number of unbranched alkanes of at least 4 members (excludes halogenated alkanes) is 52. The van der Waals surface area contributed by atoms with Crippen molar-refractivity contribution >= 4 is 39.5 Å². The predicted octanol–water partition coefficient (Wildman–Crippen LogP) is 24.0. The molecule has 0 rings (SSSR count). The molecule has 0 aliphatic heterocycles. The molecule has 0 heterocycles. The Morgan fingerprint density at radius 1 is 0.273 bits per heavy atom. The van der Waals surface area contributed by atoms with E-state index in [-0.39, 0.29) is 25.7 Å². The summed E-state index contributed by atoms with van der Waals surface area (Å²) in [5.41, 5.74) is 0. The van der Waals surface area contributed by atoms with Crippen LogP contribution in [0.4, 0.5) is 0 Å². The molecule has 0 radical (unpaired) electrons. The average molecular weight is 1450 g/mol. The molecule has 0 saturated carbocycles. The van der Waals surface area contributed by atoms with Crippen LogP contribution >= 0.6 is 15.6 Å². The minimum atomic E-state index is -4.96. The summed E-state index contributed by atoms with van der Waals surface area (Å²) in [7, 11) is -9.92. The minimum absolute atomic E-state index is 0.108. The van der Waals surface area contributed by atoms with E-state index in [1.807, 2.05) is 0 Å². The van der Waals surface area contributed by atoms with Crippen molar-refractivity contribution in [1.29, 1.82) is 0 Å². The third kappa shape index (κ3) is 74.1. The van der Waals surface area contributed by atoms with E-state index in [4.69, 9.17) is 37.0 Å². The predicted molar refractivity (Wildman–Crippen MR) is 405 cm³/mol. The van der Waals surface area contributed by atoms with Crippen molar-refractivity contribution in [2.75, 3.05) is 39.6 Å². The highest BCUT2D eigenvalue weighted by molar-refractivity contribution is 7.47. The topological polar surface area (TPSA) is 237 Å². The van der Waals surface area contributed by atoms with Gasteiger partial charge in [-0.3, -0.25) is 37.3 Å². The molecule has 0 bridgehead atoms. The van der Waals surface area contributed by atoms with Crippen molar-refractivity contribution < 1.29 is 80.2 Å². The third-order valence-electron chi connectivity index (χ3n) is 18.8. The van der Waals surface area contributed by atoms with Gasteiger partial charge in [-0.05, 0) is 31.6 Å². The minimum Gasteiger partial charge on any atom is -0.462 e. The Balaban J connectivity index is 5.25. The van der Waals surface area contributed by atoms with Crippen LogP contribution in [-0.4, -0.2) is 96.7 Å². The molecule has 99 heavy (non-hydrogen) atoms. The maximum atomic E-state index is 13.1. The van der Waals surface area contributed by atoms with Crippen molar-refractivity contribution in [3.8, 4) is 0 Å². The number of aliphatic hydroxyl groups excluding tert-OH is 1. The lowest BCUT2D eigenvalue weighted by atomic mass is 10.0. The van der Waals surface area contributed by atoms with Crippen LogP contribution < -0.4 is 0 Å². The lowest BCUT2D eigenvalue weighted by molar-refractivity contribution is -0.161. The number of hydrogen-bond donors (Lipinski definition) is 3. The summed E-state index contributed by atoms with van der Waals surface area (Å²) in [6, 6.07) is 0. The van der Waals surface area contributed by atoms with Crippen LogP contribution in [0.15, 0.2) is 0 Å². The maximum absolute atomic E-state index is 13.1. The van der Waals surface area contributed by atoms with E-state index in [0.717, 1.165) is 95.8 Å². The molecule has 0 aliphatic rings. The highest BCUT2D eigenvalue weighted by atomic mass is 31.2. The van der Waals surface area contributed by atoms with Gasteiger partial charge in [-0.2, -0.15) is 0 Å². The number of phosphoric ester groups is 2. The number of esters is 4. The molecule has 0 aromatic heterocycles. The summed E-state index contributed by atoms with van der Waals surface area (Å²) >= 11 is 0. The van der Waals surface area contributed by atoms with Crippen molar-refractivity contribution in [3.05, 3.63) is 0 Å². The second-order valence-corrected chi connectivity index (χ2v) is 32.2. The molecule has 0 aromatic rings. The highest BCUT2D eigenvalue weighted by Gasteiger charge is 2.30. The summed E-state index contributed by atoms with van der Waals surface area (Å²) < 4.78 is 68.7. The summed E-state index contributed by atoms with van der Waals surface area (Å²) in [6.07, 6.45) is 63.6. The third-order valence-corrected chi connectivity index (χ3v) is 20.7. The molecule has 0 spiro atoms. The molecule has 5 atom stereocenters. The fourth-order valence-electron chi connectivity index (χ4n) is 12.4. The quantitative estimate of drug-likeness (QED) is 0.0222. The number of rotatable bonds is 80. The first kappa shape index (κ1) is 97.1. The molecule has 0 saturated heterocycles. The molecular weight excluding hydrogens is 1290 g/mol. The lowest BCUT2D eigenvalue weighted by Gasteiger charge is -2.21. The van der Waals surface area contributed by atoms with Gasteiger partial charge in [0.2, 0.25) is 0 Å². The van der Waals surface area contributed by atoms with Crippen LogP contribution in [0.25, 0.3) is 0 Å². The fourth-order valence-corrected chi connectivity index (χ4v) is 14.0. The maximum Gasteiger partial charge on any atom is 0.472 e. The fraction of sp³-hybridized carbons (Fsp3) is 0.950. The van der Waals surface area contributed by atoms with Gasteiger partial charge >= 0.3 is 39.5 Å². The van der Waals surface area contributed by atoms with Gasteiger partial charge < -0.3 is 33.8 Å². The Morgan fingerprint density at radius 3 is 0.687 bits per heavy atom. The second kappa shape index (κ2) is 73.0. The van der Waals surface area contributed by atoms with Gasteiger partial charge in [-0.1, -0.05) is 375 Å². The number of hydrogen-bond acceptors (Lipinski definition) is 15. The molecule has 0 amide bonds. The Labute approximate surface area is 607 Å². The number of ether oxygens (including phenoxy) is 4. The van der Waals surface area contributed by atoms with Crippen LogP contribution in [0.1, 0.15) is 426 Å². The van der Waals surface area contributed by atoms with E-state index in [9.17, 15) is 43.2 Å². The van der Waals surface area contributed by atoms with Crippen LogP contribution in [0.2, 0.25) is 0 Å². The second-order valence-electron chi connectivity index (χ2n) is 29.3. The molecule has 19 heteroatoms. The zero-order valence-corrected chi connectivity index (χ0v) is 66.4. The van der Waals surface area contributed by atoms with Gasteiger partial charge in [0.05, 0.1) is 26.4 Å². The largest absolute Gasteiger partial charge is 0.472 e. The molecule has 0 aromatic carbocycles. The van der Waals surface area contributed by atoms with Gasteiger partial charge in [0.25, 0.3) is 0 Å². The standard InChI is InChI=1S/C80H156O17P2/c1-6-9-12-15-18-21-24-26-28-30-32-34-40-45-50-55-60-65-79(84)96-76(70-91-78(83)64-59-54-49-44-39-33-31-29-27-25-22-19-16-13-10-7-2)72-95-99(88,89)93-68-74(81)67-92-98(86,87)94-71-75(69-90-77(82)63-58-53-48-43-37-23-20-17-14-11-8-3)97-80(85)66-61-56-51-46-41-36-35-38-42-47-52-57-62-73(4)5/h73-76,81H,6-72H2,1-5H3,(H,86,87)(H,88,89)/t74-,75+,76+/m0/s1. The SMILES string of the molecule is CCCCCCCCCCCCCCCCCCCC(=O)O[C@H](COC(=O)CCCCCCCCCCCCCCCCCC)COP(=O)(O)OC[C@@H](O)COP(=O)(O)OC[C@@H](COC(=O)CCCCCCCCCCCCC)OC(=O)CCCCCCCCCCCCCCC(C)C. The molecular formula is C80H156O17P2. The molecule has 588 valence electrons. The summed E-state index contributed by atoms with van der Waals surface area (Å²) in [5.74, 6) is -1.33. The first-order chi connectivity index (χ1) is 48.0. The van der Waals surface area contributed by atoms with Crippen molar-refractivity contribution in [2.24, 2.45) is 5.92 Å². The summed E-state index contributed by atoms with van der Waals surface area (Å²) in [4.78, 5) is 73.0. The van der Waals surface area contributed by atoms with Gasteiger partial charge in [-0.15, -0.1) is 0 Å². The van der Waals surface area contributed by atoms with Gasteiger partial charge in [-0.25, -0.2) is 9.13 Å². The summed E-state index contributed by atoms with van der Waals surface area (Å²) in [6.45, 7) is 7.34. The molecule has 0 aliphatic carbocycles. The molecule has 17 nitrogen and oxygen atoms in total. The number of phosphoric acid groups is 2. The van der Waals surface area contributed by atoms with E-state index >= 15 is 0 Å². The highest BCUT2D eigenvalue weighted by Crippen LogP contribution is 2.45. The first-order valence-corrected chi connectivity index (χ1v) is 44.6. The van der Waals surface area contributed by atoms with Gasteiger partial charge in [0.1, 0.15) is 19.3 Å². The lowest BCUT2D eigenvalue weighted by Crippen LogP contribution is -2.30. The number of aliphatic hydroxyl groups is 1. The zero-order valence-electron chi connectivity index (χ0n) is 64.6. The summed E-state index contributed by atoms with van der Waals surface area (Å²) in [5, 5.41) is 10.6. The van der Waals surface area contributed by atoms with E-state index in [1.54, 1.807) is 0 Å². The Hall–Kier alpha value is -1.94. The van der Waals surface area contributed by atoms with Crippen molar-refractivity contribution in [1.82, 2.24) is 0 Å². The van der Waals surface area contributed by atoms with Crippen LogP contribution in [0, 0.1) is 5.92 Å². The number of carbonyl (C=O) groups is 4. The van der Waals surface area contributed by atoms with E-state index in [1.165, 1.54) is 250 Å². The van der Waals surface area contributed by atoms with E-state index in [2.05, 4.69) is 34.6 Å². The van der Waals surface area contributed by atoms with E-state index in [0.29, 0.717) is 25.7 Å². The van der Waals surface area contributed by atoms with Crippen LogP contribution in [0.5, 0.6) is 0 Å². The van der Waals surface area contributed by atoms with Crippen molar-refractivity contribution in [3.63, 3.8) is 0 Å². The smallest absolute Gasteiger partial charge is 0.462 e. The Bertz CT molecular complexity index is 1890. The number of carbonyl (C=O) groups excluding carboxylic acids is 4. The van der Waals surface area contributed by atoms with Crippen LogP contribution in [-0.2, 0) is 65.4 Å². The van der Waals surface area contributed by atoms with Crippen LogP contribution in [0.3, 0.4) is 0 Å². The molecule has 0 fully saturated rings. The Morgan fingerprint density at radius 2 is 0.465 bits per heavy atom. The normalized spacial score (nSPS) is 13.9. The average Bonchev–Trinajstić information content (AvgIpc) is 1.16. The molecule has 3 N–H and O–H groups in total. The Kier molecular flexibility index (Phi) is 71.6. The van der Waals surface area contributed by atoms with Crippen molar-refractivity contribution in [2.45, 2.75) is 445 Å². The zero-order chi connectivity index (χ0) is 72.7. The van der Waals surface area contributed by atoms with Gasteiger partial charge in [0.15, 0.2) is 12.2 Å². The van der Waals surface area contributed by atoms with Gasteiger partial charge in [0, 0.05) is 25.7 Å².